The second-order valence-electron chi connectivity index (χ2n) is 4.75. The van der Waals surface area contributed by atoms with E-state index in [2.05, 4.69) is 5.32 Å². The van der Waals surface area contributed by atoms with Crippen LogP contribution in [0.5, 0.6) is 5.75 Å². The van der Waals surface area contributed by atoms with Crippen molar-refractivity contribution in [1.82, 2.24) is 9.62 Å². The van der Waals surface area contributed by atoms with Crippen LogP contribution in [0.2, 0.25) is 5.02 Å². The van der Waals surface area contributed by atoms with Gasteiger partial charge in [0.1, 0.15) is 5.75 Å². The molecule has 130 valence electrons. The fraction of sp³-hybridized carbons (Fsp3) is 0.500. The molecule has 0 unspecified atom stereocenters. The summed E-state index contributed by atoms with van der Waals surface area (Å²) in [6, 6.07) is 4.14. The molecule has 0 spiro atoms. The number of hydrogen-bond acceptors (Lipinski definition) is 5. The number of carbonyl (C=O) groups is 1. The number of rotatable bonds is 9. The lowest BCUT2D eigenvalue weighted by molar-refractivity contribution is -0.121. The number of amides is 1. The van der Waals surface area contributed by atoms with E-state index in [1.54, 1.807) is 7.11 Å². The SMILES string of the molecule is COCCCNC(=O)CN(C)S(=O)(=O)c1ccc(OC)c(Cl)c1. The van der Waals surface area contributed by atoms with Crippen molar-refractivity contribution >= 4 is 27.5 Å². The van der Waals surface area contributed by atoms with Gasteiger partial charge < -0.3 is 14.8 Å². The molecule has 0 atom stereocenters. The average Bonchev–Trinajstić information content (AvgIpc) is 2.51. The van der Waals surface area contributed by atoms with Gasteiger partial charge in [0.05, 0.1) is 23.6 Å². The first kappa shape index (κ1) is 19.7. The Morgan fingerprint density at radius 2 is 2.04 bits per heavy atom. The Kier molecular flexibility index (Phi) is 7.77. The number of carbonyl (C=O) groups excluding carboxylic acids is 1. The van der Waals surface area contributed by atoms with Gasteiger partial charge in [0.2, 0.25) is 15.9 Å². The van der Waals surface area contributed by atoms with Gasteiger partial charge in [0, 0.05) is 27.3 Å². The molecule has 1 amide bonds. The number of likely N-dealkylation sites (N-methyl/N-ethyl adjacent to an activating group) is 1. The number of sulfonamides is 1. The van der Waals surface area contributed by atoms with Gasteiger partial charge in [-0.3, -0.25) is 4.79 Å². The van der Waals surface area contributed by atoms with Crippen LogP contribution in [-0.4, -0.2) is 59.6 Å². The molecule has 9 heteroatoms. The molecular weight excluding hydrogens is 344 g/mol. The van der Waals surface area contributed by atoms with Crippen LogP contribution in [0.1, 0.15) is 6.42 Å². The van der Waals surface area contributed by atoms with Gasteiger partial charge in [-0.2, -0.15) is 4.31 Å². The van der Waals surface area contributed by atoms with Crippen molar-refractivity contribution in [3.05, 3.63) is 23.2 Å². The molecule has 1 N–H and O–H groups in total. The Hall–Kier alpha value is -1.35. The van der Waals surface area contributed by atoms with Gasteiger partial charge in [-0.25, -0.2) is 8.42 Å². The zero-order valence-electron chi connectivity index (χ0n) is 13.3. The predicted molar refractivity (Wildman–Crippen MR) is 87.3 cm³/mol. The minimum absolute atomic E-state index is 0.00187. The van der Waals surface area contributed by atoms with E-state index in [-0.39, 0.29) is 22.4 Å². The molecule has 1 aromatic rings. The van der Waals surface area contributed by atoms with Crippen LogP contribution in [0.4, 0.5) is 0 Å². The number of methoxy groups -OCH3 is 2. The first-order valence-corrected chi connectivity index (χ1v) is 8.70. The molecule has 0 radical (unpaired) electrons. The largest absolute Gasteiger partial charge is 0.495 e. The van der Waals surface area contributed by atoms with Gasteiger partial charge in [-0.1, -0.05) is 11.6 Å². The summed E-state index contributed by atoms with van der Waals surface area (Å²) in [5.74, 6) is -0.00376. The molecule has 1 rings (SSSR count). The van der Waals surface area contributed by atoms with Crippen molar-refractivity contribution < 1.29 is 22.7 Å². The van der Waals surface area contributed by atoms with Gasteiger partial charge >= 0.3 is 0 Å². The Balaban J connectivity index is 2.72. The number of nitrogens with zero attached hydrogens (tertiary/aromatic N) is 1. The third-order valence-corrected chi connectivity index (χ3v) is 5.14. The molecule has 0 aliphatic rings. The monoisotopic (exact) mass is 364 g/mol. The van der Waals surface area contributed by atoms with E-state index in [0.29, 0.717) is 25.3 Å². The number of benzene rings is 1. The first-order chi connectivity index (χ1) is 10.8. The van der Waals surface area contributed by atoms with Gasteiger partial charge in [0.25, 0.3) is 0 Å². The van der Waals surface area contributed by atoms with Crippen LogP contribution in [0.25, 0.3) is 0 Å². The lowest BCUT2D eigenvalue weighted by atomic mass is 10.3. The van der Waals surface area contributed by atoms with Crippen LogP contribution in [0.3, 0.4) is 0 Å². The van der Waals surface area contributed by atoms with Crippen LogP contribution < -0.4 is 10.1 Å². The lowest BCUT2D eigenvalue weighted by Crippen LogP contribution is -2.38. The van der Waals surface area contributed by atoms with E-state index in [9.17, 15) is 13.2 Å². The number of ether oxygens (including phenoxy) is 2. The van der Waals surface area contributed by atoms with Crippen LogP contribution in [0, 0.1) is 0 Å². The summed E-state index contributed by atoms with van der Waals surface area (Å²) < 4.78 is 35.7. The molecule has 0 aromatic heterocycles. The van der Waals surface area contributed by atoms with Crippen molar-refractivity contribution in [2.45, 2.75) is 11.3 Å². The summed E-state index contributed by atoms with van der Waals surface area (Å²) in [7, 11) is 0.538. The summed E-state index contributed by atoms with van der Waals surface area (Å²) in [6.07, 6.45) is 0.660. The second-order valence-corrected chi connectivity index (χ2v) is 7.21. The maximum Gasteiger partial charge on any atom is 0.243 e. The van der Waals surface area contributed by atoms with E-state index in [0.717, 1.165) is 4.31 Å². The standard InChI is InChI=1S/C14H21ClN2O5S/c1-17(10-14(18)16-7-4-8-21-2)23(19,20)11-5-6-13(22-3)12(15)9-11/h5-6,9H,4,7-8,10H2,1-3H3,(H,16,18). The molecule has 0 saturated carbocycles. The maximum atomic E-state index is 12.4. The Morgan fingerprint density at radius 1 is 1.35 bits per heavy atom. The van der Waals surface area contributed by atoms with E-state index in [1.165, 1.54) is 32.4 Å². The summed E-state index contributed by atoms with van der Waals surface area (Å²) >= 11 is 5.95. The summed E-state index contributed by atoms with van der Waals surface area (Å²) in [6.45, 7) is 0.673. The summed E-state index contributed by atoms with van der Waals surface area (Å²) in [4.78, 5) is 11.8. The number of nitrogens with one attached hydrogen (secondary N) is 1. The van der Waals surface area contributed by atoms with Crippen molar-refractivity contribution in [1.29, 1.82) is 0 Å². The highest BCUT2D eigenvalue weighted by Gasteiger charge is 2.23. The zero-order chi connectivity index (χ0) is 17.5. The highest BCUT2D eigenvalue weighted by Crippen LogP contribution is 2.27. The highest BCUT2D eigenvalue weighted by atomic mass is 35.5. The molecular formula is C14H21ClN2O5S. The second kappa shape index (κ2) is 9.07. The van der Waals surface area contributed by atoms with Gasteiger partial charge in [-0.15, -0.1) is 0 Å². The Bertz CT molecular complexity index is 636. The Labute approximate surface area is 141 Å². The lowest BCUT2D eigenvalue weighted by Gasteiger charge is -2.17. The average molecular weight is 365 g/mol. The molecule has 0 fully saturated rings. The van der Waals surface area contributed by atoms with Crippen molar-refractivity contribution in [2.24, 2.45) is 0 Å². The van der Waals surface area contributed by atoms with E-state index < -0.39 is 10.0 Å². The fourth-order valence-corrected chi connectivity index (χ4v) is 3.25. The quantitative estimate of drug-likeness (QED) is 0.664. The topological polar surface area (TPSA) is 84.9 Å². The third-order valence-electron chi connectivity index (χ3n) is 3.05. The van der Waals surface area contributed by atoms with E-state index >= 15 is 0 Å². The van der Waals surface area contributed by atoms with Crippen molar-refractivity contribution in [2.75, 3.05) is 41.0 Å². The first-order valence-electron chi connectivity index (χ1n) is 6.88. The number of halogens is 1. The molecule has 0 aliphatic heterocycles. The van der Waals surface area contributed by atoms with Gasteiger partial charge in [0.15, 0.2) is 0 Å². The van der Waals surface area contributed by atoms with Crippen LogP contribution in [-0.2, 0) is 19.6 Å². The fourth-order valence-electron chi connectivity index (χ4n) is 1.77. The van der Waals surface area contributed by atoms with E-state index in [1.807, 2.05) is 0 Å². The van der Waals surface area contributed by atoms with Gasteiger partial charge in [-0.05, 0) is 24.6 Å². The third kappa shape index (κ3) is 5.65. The molecule has 1 aromatic carbocycles. The summed E-state index contributed by atoms with van der Waals surface area (Å²) in [5.41, 5.74) is 0. The van der Waals surface area contributed by atoms with Crippen LogP contribution in [0.15, 0.2) is 23.1 Å². The van der Waals surface area contributed by atoms with Crippen molar-refractivity contribution in [3.8, 4) is 5.75 Å². The molecule has 0 bridgehead atoms. The smallest absolute Gasteiger partial charge is 0.243 e. The maximum absolute atomic E-state index is 12.4. The highest BCUT2D eigenvalue weighted by molar-refractivity contribution is 7.89. The molecule has 0 saturated heterocycles. The van der Waals surface area contributed by atoms with Crippen LogP contribution >= 0.6 is 11.6 Å². The molecule has 7 nitrogen and oxygen atoms in total. The number of hydrogen-bond donors (Lipinski definition) is 1. The predicted octanol–water partition coefficient (Wildman–Crippen LogP) is 1.12. The molecule has 0 aliphatic carbocycles. The molecule has 0 heterocycles. The van der Waals surface area contributed by atoms with E-state index in [4.69, 9.17) is 21.1 Å². The minimum atomic E-state index is -3.81. The Morgan fingerprint density at radius 3 is 2.61 bits per heavy atom. The minimum Gasteiger partial charge on any atom is -0.495 e. The van der Waals surface area contributed by atoms with Crippen molar-refractivity contribution in [3.63, 3.8) is 0 Å². The normalized spacial score (nSPS) is 11.5. The molecule has 23 heavy (non-hydrogen) atoms. The summed E-state index contributed by atoms with van der Waals surface area (Å²) in [5, 5.41) is 2.82. The zero-order valence-corrected chi connectivity index (χ0v) is 14.9.